The summed E-state index contributed by atoms with van der Waals surface area (Å²) in [7, 11) is 0. The molecule has 2 rings (SSSR count). The first-order chi connectivity index (χ1) is 7.88. The lowest BCUT2D eigenvalue weighted by Gasteiger charge is -2.31. The van der Waals surface area contributed by atoms with Crippen LogP contribution in [-0.2, 0) is 5.41 Å². The summed E-state index contributed by atoms with van der Waals surface area (Å²) in [5, 5.41) is 2.36. The van der Waals surface area contributed by atoms with E-state index in [0.717, 1.165) is 6.07 Å². The molecule has 0 aliphatic carbocycles. The summed E-state index contributed by atoms with van der Waals surface area (Å²) < 4.78 is 53.3. The molecule has 0 bridgehead atoms. The highest BCUT2D eigenvalue weighted by molar-refractivity contribution is 6.30. The molecule has 0 amide bonds. The second-order valence-corrected chi connectivity index (χ2v) is 4.52. The summed E-state index contributed by atoms with van der Waals surface area (Å²) >= 11 is 5.54. The van der Waals surface area contributed by atoms with Gasteiger partial charge in [-0.15, -0.1) is 0 Å². The van der Waals surface area contributed by atoms with Gasteiger partial charge in [-0.05, 0) is 19.0 Å². The van der Waals surface area contributed by atoms with Crippen molar-refractivity contribution in [1.29, 1.82) is 0 Å². The van der Waals surface area contributed by atoms with Gasteiger partial charge in [0.1, 0.15) is 11.2 Å². The van der Waals surface area contributed by atoms with Gasteiger partial charge in [-0.3, -0.25) is 0 Å². The molecule has 6 heteroatoms. The van der Waals surface area contributed by atoms with Crippen molar-refractivity contribution in [2.24, 2.45) is 0 Å². The molecule has 1 atom stereocenters. The summed E-state index contributed by atoms with van der Waals surface area (Å²) in [5.41, 5.74) is -2.54. The first-order valence-corrected chi connectivity index (χ1v) is 5.48. The number of nitrogens with one attached hydrogen (secondary N) is 1. The normalized spacial score (nSPS) is 25.2. The lowest BCUT2D eigenvalue weighted by atomic mass is 9.78. The molecule has 1 aromatic carbocycles. The van der Waals surface area contributed by atoms with Crippen LogP contribution in [-0.4, -0.2) is 19.3 Å². The van der Waals surface area contributed by atoms with Crippen LogP contribution in [0.15, 0.2) is 18.2 Å². The second kappa shape index (κ2) is 4.14. The largest absolute Gasteiger partial charge is 0.399 e. The molecule has 1 fully saturated rings. The molecule has 1 heterocycles. The highest BCUT2D eigenvalue weighted by atomic mass is 35.5. The van der Waals surface area contributed by atoms with Crippen molar-refractivity contribution in [1.82, 2.24) is 5.32 Å². The Morgan fingerprint density at radius 3 is 2.53 bits per heavy atom. The third kappa shape index (κ3) is 1.91. The van der Waals surface area contributed by atoms with Crippen LogP contribution in [0.5, 0.6) is 0 Å². The number of alkyl halides is 3. The Hall–Kier alpha value is -0.810. The fourth-order valence-electron chi connectivity index (χ4n) is 2.19. The quantitative estimate of drug-likeness (QED) is 0.770. The molecule has 0 unspecified atom stereocenters. The SMILES string of the molecule is Fc1c(Cl)cccc1[C@]1(C(F)(F)F)CCNC1. The zero-order valence-electron chi connectivity index (χ0n) is 8.74. The van der Waals surface area contributed by atoms with Crippen molar-refractivity contribution in [2.75, 3.05) is 13.1 Å². The smallest absolute Gasteiger partial charge is 0.315 e. The lowest BCUT2D eigenvalue weighted by molar-refractivity contribution is -0.185. The molecule has 1 nitrogen and oxygen atoms in total. The van der Waals surface area contributed by atoms with Crippen LogP contribution in [0.25, 0.3) is 0 Å². The van der Waals surface area contributed by atoms with Crippen LogP contribution in [0.1, 0.15) is 12.0 Å². The summed E-state index contributed by atoms with van der Waals surface area (Å²) in [6, 6.07) is 3.74. The van der Waals surface area contributed by atoms with Crippen molar-refractivity contribution in [3.63, 3.8) is 0 Å². The summed E-state index contributed by atoms with van der Waals surface area (Å²) in [5.74, 6) is -0.977. The third-order valence-electron chi connectivity index (χ3n) is 3.17. The fraction of sp³-hybridized carbons (Fsp3) is 0.455. The molecule has 0 spiro atoms. The van der Waals surface area contributed by atoms with Gasteiger partial charge in [0.2, 0.25) is 0 Å². The van der Waals surface area contributed by atoms with E-state index < -0.39 is 17.4 Å². The first kappa shape index (κ1) is 12.6. The van der Waals surface area contributed by atoms with Gasteiger partial charge in [-0.25, -0.2) is 4.39 Å². The molecular weight excluding hydrogens is 258 g/mol. The van der Waals surface area contributed by atoms with Crippen molar-refractivity contribution >= 4 is 11.6 Å². The summed E-state index contributed by atoms with van der Waals surface area (Å²) in [6.45, 7) is -0.0980. The monoisotopic (exact) mass is 267 g/mol. The molecule has 1 aliphatic heterocycles. The van der Waals surface area contributed by atoms with Crippen LogP contribution in [0, 0.1) is 5.82 Å². The Morgan fingerprint density at radius 2 is 2.00 bits per heavy atom. The van der Waals surface area contributed by atoms with Crippen molar-refractivity contribution in [3.05, 3.63) is 34.6 Å². The Labute approximate surface area is 101 Å². The molecule has 1 aliphatic rings. The molecule has 0 radical (unpaired) electrons. The van der Waals surface area contributed by atoms with Gasteiger partial charge >= 0.3 is 6.18 Å². The van der Waals surface area contributed by atoms with Gasteiger partial charge in [0.25, 0.3) is 0 Å². The number of hydrogen-bond donors (Lipinski definition) is 1. The van der Waals surface area contributed by atoms with Crippen molar-refractivity contribution in [3.8, 4) is 0 Å². The van der Waals surface area contributed by atoms with Crippen molar-refractivity contribution < 1.29 is 17.6 Å². The molecule has 94 valence electrons. The molecule has 1 saturated heterocycles. The van der Waals surface area contributed by atoms with Crippen LogP contribution in [0.2, 0.25) is 5.02 Å². The van der Waals surface area contributed by atoms with Crippen molar-refractivity contribution in [2.45, 2.75) is 18.0 Å². The molecule has 0 saturated carbocycles. The number of rotatable bonds is 1. The zero-order valence-corrected chi connectivity index (χ0v) is 9.50. The maximum atomic E-state index is 13.8. The van der Waals surface area contributed by atoms with Crippen LogP contribution in [0.4, 0.5) is 17.6 Å². The maximum Gasteiger partial charge on any atom is 0.399 e. The molecular formula is C11H10ClF4N. The maximum absolute atomic E-state index is 13.8. The Kier molecular flexibility index (Phi) is 3.08. The van der Waals surface area contributed by atoms with E-state index >= 15 is 0 Å². The average Bonchev–Trinajstić information content (AvgIpc) is 2.71. The van der Waals surface area contributed by atoms with E-state index in [4.69, 9.17) is 11.6 Å². The van der Waals surface area contributed by atoms with E-state index in [9.17, 15) is 17.6 Å². The van der Waals surface area contributed by atoms with Gasteiger partial charge in [-0.2, -0.15) is 13.2 Å². The minimum atomic E-state index is -4.50. The van der Waals surface area contributed by atoms with Gasteiger partial charge in [0.05, 0.1) is 5.02 Å². The zero-order chi connectivity index (χ0) is 12.7. The minimum absolute atomic E-state index is 0.173. The van der Waals surface area contributed by atoms with E-state index in [2.05, 4.69) is 5.32 Å². The predicted molar refractivity (Wildman–Crippen MR) is 56.6 cm³/mol. The van der Waals surface area contributed by atoms with E-state index in [-0.39, 0.29) is 30.1 Å². The van der Waals surface area contributed by atoms with E-state index in [1.54, 1.807) is 0 Å². The summed E-state index contributed by atoms with van der Waals surface area (Å²) in [4.78, 5) is 0. The number of benzene rings is 1. The standard InChI is InChI=1S/C11H10ClF4N/c12-8-3-1-2-7(9(8)13)10(11(14,15)16)4-5-17-6-10/h1-3,17H,4-6H2/t10-/m0/s1. The van der Waals surface area contributed by atoms with Gasteiger partial charge < -0.3 is 5.32 Å². The first-order valence-electron chi connectivity index (χ1n) is 5.10. The molecule has 0 aromatic heterocycles. The average molecular weight is 268 g/mol. The minimum Gasteiger partial charge on any atom is -0.315 e. The van der Waals surface area contributed by atoms with E-state index in [1.807, 2.05) is 0 Å². The molecule has 1 N–H and O–H groups in total. The highest BCUT2D eigenvalue weighted by Gasteiger charge is 2.58. The Bertz CT molecular complexity index is 424. The molecule has 1 aromatic rings. The van der Waals surface area contributed by atoms with Gasteiger partial charge in [0, 0.05) is 12.1 Å². The molecule has 17 heavy (non-hydrogen) atoms. The van der Waals surface area contributed by atoms with Crippen LogP contribution in [0.3, 0.4) is 0 Å². The van der Waals surface area contributed by atoms with Gasteiger partial charge in [-0.1, -0.05) is 23.7 Å². The lowest BCUT2D eigenvalue weighted by Crippen LogP contribution is -2.44. The third-order valence-corrected chi connectivity index (χ3v) is 3.46. The topological polar surface area (TPSA) is 12.0 Å². The predicted octanol–water partition coefficient (Wildman–Crippen LogP) is 3.27. The fourth-order valence-corrected chi connectivity index (χ4v) is 2.36. The summed E-state index contributed by atoms with van der Waals surface area (Å²) in [6.07, 6.45) is -4.67. The van der Waals surface area contributed by atoms with Gasteiger partial charge in [0.15, 0.2) is 0 Å². The second-order valence-electron chi connectivity index (χ2n) is 4.11. The highest BCUT2D eigenvalue weighted by Crippen LogP contribution is 2.46. The Balaban J connectivity index is 2.58. The van der Waals surface area contributed by atoms with E-state index in [1.165, 1.54) is 12.1 Å². The van der Waals surface area contributed by atoms with Crippen LogP contribution >= 0.6 is 11.6 Å². The van der Waals surface area contributed by atoms with E-state index in [0.29, 0.717) is 0 Å². The Morgan fingerprint density at radius 1 is 1.29 bits per heavy atom. The number of hydrogen-bond acceptors (Lipinski definition) is 1. The number of halogens is 5. The van der Waals surface area contributed by atoms with Crippen LogP contribution < -0.4 is 5.32 Å².